The van der Waals surface area contributed by atoms with Crippen LogP contribution in [0.5, 0.6) is 0 Å². The van der Waals surface area contributed by atoms with Gasteiger partial charge in [0.2, 0.25) is 0 Å². The Bertz CT molecular complexity index is 255. The predicted octanol–water partition coefficient (Wildman–Crippen LogP) is 2.67. The lowest BCUT2D eigenvalue weighted by molar-refractivity contribution is 0.0633. The van der Waals surface area contributed by atoms with Crippen LogP contribution in [0.3, 0.4) is 0 Å². The van der Waals surface area contributed by atoms with Crippen LogP contribution in [0.2, 0.25) is 0 Å². The van der Waals surface area contributed by atoms with E-state index in [2.05, 4.69) is 56.9 Å². The summed E-state index contributed by atoms with van der Waals surface area (Å²) in [4.78, 5) is 5.02. The molecule has 20 heavy (non-hydrogen) atoms. The quantitative estimate of drug-likeness (QED) is 0.739. The summed E-state index contributed by atoms with van der Waals surface area (Å²) in [6, 6.07) is 1.40. The molecule has 3 heteroatoms. The standard InChI is InChI=1S/C17H37N3/c1-7-18-16-13-14(3)12-15(4)17(16)20(8-2)11-9-10-19(5)6/h14-18H,7-13H2,1-6H3. The highest BCUT2D eigenvalue weighted by Crippen LogP contribution is 2.32. The molecule has 1 aliphatic rings. The Labute approximate surface area is 127 Å². The van der Waals surface area contributed by atoms with Gasteiger partial charge < -0.3 is 10.2 Å². The Morgan fingerprint density at radius 3 is 2.30 bits per heavy atom. The third-order valence-electron chi connectivity index (χ3n) is 4.77. The van der Waals surface area contributed by atoms with E-state index in [1.54, 1.807) is 0 Å². The monoisotopic (exact) mass is 283 g/mol. The van der Waals surface area contributed by atoms with Crippen molar-refractivity contribution in [3.05, 3.63) is 0 Å². The number of nitrogens with zero attached hydrogens (tertiary/aromatic N) is 2. The summed E-state index contributed by atoms with van der Waals surface area (Å²) in [5.74, 6) is 1.67. The number of rotatable bonds is 8. The van der Waals surface area contributed by atoms with Crippen LogP contribution in [-0.4, -0.2) is 62.2 Å². The van der Waals surface area contributed by atoms with E-state index in [0.717, 1.165) is 24.4 Å². The van der Waals surface area contributed by atoms with Crippen molar-refractivity contribution in [1.29, 1.82) is 0 Å². The molecule has 0 saturated heterocycles. The fourth-order valence-corrected chi connectivity index (χ4v) is 4.03. The lowest BCUT2D eigenvalue weighted by Gasteiger charge is -2.46. The van der Waals surface area contributed by atoms with Crippen LogP contribution in [0, 0.1) is 11.8 Å². The highest BCUT2D eigenvalue weighted by Gasteiger charge is 2.36. The van der Waals surface area contributed by atoms with Crippen molar-refractivity contribution in [3.8, 4) is 0 Å². The molecule has 4 unspecified atom stereocenters. The number of likely N-dealkylation sites (N-methyl/N-ethyl adjacent to an activating group) is 2. The molecule has 1 fully saturated rings. The van der Waals surface area contributed by atoms with Gasteiger partial charge in [-0.1, -0.05) is 27.7 Å². The highest BCUT2D eigenvalue weighted by molar-refractivity contribution is 4.93. The molecule has 0 heterocycles. The molecule has 3 nitrogen and oxygen atoms in total. The predicted molar refractivity (Wildman–Crippen MR) is 89.2 cm³/mol. The molecular formula is C17H37N3. The maximum Gasteiger partial charge on any atom is 0.0275 e. The van der Waals surface area contributed by atoms with Crippen molar-refractivity contribution in [2.24, 2.45) is 11.8 Å². The molecule has 4 atom stereocenters. The minimum absolute atomic E-state index is 0.679. The van der Waals surface area contributed by atoms with Gasteiger partial charge in [0.15, 0.2) is 0 Å². The molecule has 1 rings (SSSR count). The van der Waals surface area contributed by atoms with Crippen molar-refractivity contribution >= 4 is 0 Å². The Morgan fingerprint density at radius 1 is 1.05 bits per heavy atom. The van der Waals surface area contributed by atoms with Crippen LogP contribution >= 0.6 is 0 Å². The first kappa shape index (κ1) is 17.9. The molecule has 0 aromatic rings. The van der Waals surface area contributed by atoms with Crippen molar-refractivity contribution in [1.82, 2.24) is 15.1 Å². The molecule has 0 aromatic heterocycles. The van der Waals surface area contributed by atoms with E-state index in [4.69, 9.17) is 0 Å². The van der Waals surface area contributed by atoms with Crippen LogP contribution in [0.1, 0.15) is 47.0 Å². The second-order valence-corrected chi connectivity index (χ2v) is 6.99. The summed E-state index contributed by atoms with van der Waals surface area (Å²) in [6.45, 7) is 14.1. The van der Waals surface area contributed by atoms with E-state index >= 15 is 0 Å². The first-order valence-electron chi connectivity index (χ1n) is 8.61. The van der Waals surface area contributed by atoms with Gasteiger partial charge in [-0.2, -0.15) is 0 Å². The molecule has 1 saturated carbocycles. The van der Waals surface area contributed by atoms with Gasteiger partial charge in [-0.3, -0.25) is 4.90 Å². The average Bonchev–Trinajstić information content (AvgIpc) is 2.35. The van der Waals surface area contributed by atoms with E-state index in [1.807, 2.05) is 0 Å². The normalized spacial score (nSPS) is 31.2. The fraction of sp³-hybridized carbons (Fsp3) is 1.00. The number of nitrogens with one attached hydrogen (secondary N) is 1. The SMILES string of the molecule is CCNC1CC(C)CC(C)C1N(CC)CCCN(C)C. The van der Waals surface area contributed by atoms with Crippen LogP contribution in [0.25, 0.3) is 0 Å². The summed E-state index contributed by atoms with van der Waals surface area (Å²) in [7, 11) is 4.34. The van der Waals surface area contributed by atoms with E-state index < -0.39 is 0 Å². The zero-order valence-corrected chi connectivity index (χ0v) is 14.7. The zero-order chi connectivity index (χ0) is 15.1. The highest BCUT2D eigenvalue weighted by atomic mass is 15.2. The second kappa shape index (κ2) is 9.01. The summed E-state index contributed by atoms with van der Waals surface area (Å²) < 4.78 is 0. The molecular weight excluding hydrogens is 246 g/mol. The van der Waals surface area contributed by atoms with E-state index in [1.165, 1.54) is 38.9 Å². The third-order valence-corrected chi connectivity index (χ3v) is 4.77. The van der Waals surface area contributed by atoms with Gasteiger partial charge in [-0.15, -0.1) is 0 Å². The Balaban J connectivity index is 2.64. The molecule has 0 bridgehead atoms. The maximum atomic E-state index is 3.76. The van der Waals surface area contributed by atoms with Gasteiger partial charge in [-0.05, 0) is 71.4 Å². The lowest BCUT2D eigenvalue weighted by Crippen LogP contribution is -2.56. The topological polar surface area (TPSA) is 18.5 Å². The Morgan fingerprint density at radius 2 is 1.75 bits per heavy atom. The molecule has 0 aliphatic heterocycles. The van der Waals surface area contributed by atoms with Crippen LogP contribution < -0.4 is 5.32 Å². The third kappa shape index (κ3) is 5.34. The van der Waals surface area contributed by atoms with Gasteiger partial charge in [-0.25, -0.2) is 0 Å². The smallest absolute Gasteiger partial charge is 0.0275 e. The number of hydrogen-bond acceptors (Lipinski definition) is 3. The average molecular weight is 284 g/mol. The molecule has 120 valence electrons. The number of hydrogen-bond donors (Lipinski definition) is 1. The van der Waals surface area contributed by atoms with Crippen molar-refractivity contribution in [2.75, 3.05) is 40.3 Å². The van der Waals surface area contributed by atoms with Crippen molar-refractivity contribution in [3.63, 3.8) is 0 Å². The van der Waals surface area contributed by atoms with E-state index in [0.29, 0.717) is 6.04 Å². The van der Waals surface area contributed by atoms with Crippen LogP contribution in [0.15, 0.2) is 0 Å². The molecule has 0 amide bonds. The molecule has 0 spiro atoms. The van der Waals surface area contributed by atoms with Gasteiger partial charge >= 0.3 is 0 Å². The van der Waals surface area contributed by atoms with Crippen LogP contribution in [-0.2, 0) is 0 Å². The molecule has 0 radical (unpaired) electrons. The summed E-state index contributed by atoms with van der Waals surface area (Å²) >= 11 is 0. The minimum Gasteiger partial charge on any atom is -0.313 e. The van der Waals surface area contributed by atoms with E-state index in [-0.39, 0.29) is 0 Å². The Hall–Kier alpha value is -0.120. The summed E-state index contributed by atoms with van der Waals surface area (Å²) in [6.07, 6.45) is 4.00. The summed E-state index contributed by atoms with van der Waals surface area (Å²) in [5.41, 5.74) is 0. The van der Waals surface area contributed by atoms with Gasteiger partial charge in [0.25, 0.3) is 0 Å². The first-order chi connectivity index (χ1) is 9.49. The lowest BCUT2D eigenvalue weighted by atomic mass is 9.75. The maximum absolute atomic E-state index is 3.76. The second-order valence-electron chi connectivity index (χ2n) is 6.99. The summed E-state index contributed by atoms with van der Waals surface area (Å²) in [5, 5.41) is 3.76. The van der Waals surface area contributed by atoms with Gasteiger partial charge in [0.1, 0.15) is 0 Å². The Kier molecular flexibility index (Phi) is 8.08. The minimum atomic E-state index is 0.679. The largest absolute Gasteiger partial charge is 0.313 e. The van der Waals surface area contributed by atoms with Crippen molar-refractivity contribution in [2.45, 2.75) is 59.0 Å². The van der Waals surface area contributed by atoms with Gasteiger partial charge in [0.05, 0.1) is 0 Å². The first-order valence-corrected chi connectivity index (χ1v) is 8.61. The van der Waals surface area contributed by atoms with Gasteiger partial charge in [0, 0.05) is 12.1 Å². The molecule has 1 N–H and O–H groups in total. The molecule has 0 aromatic carbocycles. The molecule has 1 aliphatic carbocycles. The zero-order valence-electron chi connectivity index (χ0n) is 14.7. The van der Waals surface area contributed by atoms with E-state index in [9.17, 15) is 0 Å². The van der Waals surface area contributed by atoms with Crippen LogP contribution in [0.4, 0.5) is 0 Å². The fourth-order valence-electron chi connectivity index (χ4n) is 4.03. The van der Waals surface area contributed by atoms with Crippen molar-refractivity contribution < 1.29 is 0 Å².